The largest absolute Gasteiger partial charge is 0.351 e. The number of amides is 1. The molecule has 1 heterocycles. The number of hydrogen-bond donors (Lipinski definition) is 1. The third-order valence-electron chi connectivity index (χ3n) is 2.82. The average Bonchev–Trinajstić information content (AvgIpc) is 2.81. The van der Waals surface area contributed by atoms with Crippen molar-refractivity contribution in [2.75, 3.05) is 11.0 Å². The summed E-state index contributed by atoms with van der Waals surface area (Å²) in [6.07, 6.45) is 4.32. The monoisotopic (exact) mass is 363 g/mol. The molecule has 0 aromatic carbocycles. The lowest BCUT2D eigenvalue weighted by Gasteiger charge is -2.06. The molecule has 0 saturated carbocycles. The van der Waals surface area contributed by atoms with Gasteiger partial charge in [0.25, 0.3) is 5.91 Å². The van der Waals surface area contributed by atoms with E-state index in [4.69, 9.17) is 0 Å². The van der Waals surface area contributed by atoms with Crippen molar-refractivity contribution in [1.82, 2.24) is 15.1 Å². The van der Waals surface area contributed by atoms with E-state index in [1.165, 1.54) is 17.3 Å². The summed E-state index contributed by atoms with van der Waals surface area (Å²) in [5, 5.41) is 7.35. The smallest absolute Gasteiger partial charge is 0.269 e. The highest BCUT2D eigenvalue weighted by molar-refractivity contribution is 14.1. The number of nitrogens with one attached hydrogen (secondary N) is 1. The molecule has 5 heteroatoms. The van der Waals surface area contributed by atoms with E-state index < -0.39 is 0 Å². The fraction of sp³-hybridized carbons (Fsp3) is 0.692. The topological polar surface area (TPSA) is 46.9 Å². The average molecular weight is 363 g/mol. The SMILES string of the molecule is CCc1cc(C(=O)NCCCCCI)n(CC)n1. The zero-order valence-corrected chi connectivity index (χ0v) is 13.4. The Morgan fingerprint density at radius 1 is 1.39 bits per heavy atom. The maximum absolute atomic E-state index is 12.0. The zero-order chi connectivity index (χ0) is 13.4. The number of hydrogen-bond acceptors (Lipinski definition) is 2. The Bertz CT molecular complexity index is 376. The van der Waals surface area contributed by atoms with Crippen LogP contribution in [0.5, 0.6) is 0 Å². The lowest BCUT2D eigenvalue weighted by molar-refractivity contribution is 0.0942. The van der Waals surface area contributed by atoms with Crippen molar-refractivity contribution in [1.29, 1.82) is 0 Å². The number of aromatic nitrogens is 2. The van der Waals surface area contributed by atoms with Gasteiger partial charge in [0.05, 0.1) is 5.69 Å². The van der Waals surface area contributed by atoms with Crippen LogP contribution in [0.3, 0.4) is 0 Å². The van der Waals surface area contributed by atoms with Gasteiger partial charge in [-0.1, -0.05) is 35.9 Å². The van der Waals surface area contributed by atoms with Crippen molar-refractivity contribution in [3.8, 4) is 0 Å². The summed E-state index contributed by atoms with van der Waals surface area (Å²) in [6.45, 7) is 5.54. The minimum absolute atomic E-state index is 0.00137. The number of halogens is 1. The molecule has 0 saturated heterocycles. The molecule has 1 aromatic heterocycles. The van der Waals surface area contributed by atoms with Gasteiger partial charge in [-0.15, -0.1) is 0 Å². The summed E-state index contributed by atoms with van der Waals surface area (Å²) < 4.78 is 2.97. The van der Waals surface area contributed by atoms with E-state index in [1.54, 1.807) is 4.68 Å². The van der Waals surface area contributed by atoms with Crippen molar-refractivity contribution in [3.63, 3.8) is 0 Å². The Morgan fingerprint density at radius 2 is 2.17 bits per heavy atom. The molecule has 0 aliphatic carbocycles. The van der Waals surface area contributed by atoms with Crippen molar-refractivity contribution in [2.45, 2.75) is 46.1 Å². The van der Waals surface area contributed by atoms with Gasteiger partial charge in [0.15, 0.2) is 0 Å². The Labute approximate surface area is 123 Å². The number of rotatable bonds is 8. The maximum atomic E-state index is 12.0. The quantitative estimate of drug-likeness (QED) is 0.439. The number of carbonyl (C=O) groups excluding carboxylic acids is 1. The standard InChI is InChI=1S/C13H22IN3O/c1-3-11-10-12(17(4-2)16-11)13(18)15-9-7-5-6-8-14/h10H,3-9H2,1-2H3,(H,15,18). The normalized spacial score (nSPS) is 10.6. The third-order valence-corrected chi connectivity index (χ3v) is 3.58. The molecule has 18 heavy (non-hydrogen) atoms. The van der Waals surface area contributed by atoms with Gasteiger partial charge in [-0.3, -0.25) is 9.48 Å². The molecule has 102 valence electrons. The summed E-state index contributed by atoms with van der Waals surface area (Å²) in [4.78, 5) is 12.0. The van der Waals surface area contributed by atoms with E-state index in [9.17, 15) is 4.79 Å². The van der Waals surface area contributed by atoms with Gasteiger partial charge < -0.3 is 5.32 Å². The summed E-state index contributed by atoms with van der Waals surface area (Å²) >= 11 is 2.38. The molecule has 1 amide bonds. The van der Waals surface area contributed by atoms with Crippen LogP contribution in [0.4, 0.5) is 0 Å². The van der Waals surface area contributed by atoms with Crippen LogP contribution < -0.4 is 5.32 Å². The Balaban J connectivity index is 2.47. The van der Waals surface area contributed by atoms with Gasteiger partial charge >= 0.3 is 0 Å². The molecule has 0 bridgehead atoms. The van der Waals surface area contributed by atoms with Crippen LogP contribution >= 0.6 is 22.6 Å². The van der Waals surface area contributed by atoms with E-state index in [0.29, 0.717) is 5.69 Å². The minimum Gasteiger partial charge on any atom is -0.351 e. The lowest BCUT2D eigenvalue weighted by Crippen LogP contribution is -2.27. The Hall–Kier alpha value is -0.590. The molecule has 1 aromatic rings. The van der Waals surface area contributed by atoms with E-state index in [-0.39, 0.29) is 5.91 Å². The van der Waals surface area contributed by atoms with Crippen molar-refractivity contribution < 1.29 is 4.79 Å². The van der Waals surface area contributed by atoms with Gasteiger partial charge in [-0.05, 0) is 36.7 Å². The zero-order valence-electron chi connectivity index (χ0n) is 11.2. The molecule has 1 N–H and O–H groups in total. The second kappa shape index (κ2) is 8.50. The molecule has 0 unspecified atom stereocenters. The first-order valence-corrected chi connectivity index (χ1v) is 8.16. The maximum Gasteiger partial charge on any atom is 0.269 e. The number of nitrogens with zero attached hydrogens (tertiary/aromatic N) is 2. The van der Waals surface area contributed by atoms with Crippen LogP contribution in [0.15, 0.2) is 6.07 Å². The number of unbranched alkanes of at least 4 members (excludes halogenated alkanes) is 2. The highest BCUT2D eigenvalue weighted by atomic mass is 127. The van der Waals surface area contributed by atoms with Gasteiger partial charge in [0, 0.05) is 13.1 Å². The van der Waals surface area contributed by atoms with E-state index in [0.717, 1.165) is 31.6 Å². The fourth-order valence-corrected chi connectivity index (χ4v) is 2.29. The predicted molar refractivity (Wildman–Crippen MR) is 82.4 cm³/mol. The molecule has 0 aliphatic rings. The summed E-state index contributed by atoms with van der Waals surface area (Å²) in [5.74, 6) is -0.00137. The first-order chi connectivity index (χ1) is 8.72. The highest BCUT2D eigenvalue weighted by Gasteiger charge is 2.12. The van der Waals surface area contributed by atoms with Crippen molar-refractivity contribution >= 4 is 28.5 Å². The highest BCUT2D eigenvalue weighted by Crippen LogP contribution is 2.06. The third kappa shape index (κ3) is 4.59. The molecule has 0 atom stereocenters. The summed E-state index contributed by atoms with van der Waals surface area (Å²) in [7, 11) is 0. The number of aryl methyl sites for hydroxylation is 2. The second-order valence-electron chi connectivity index (χ2n) is 4.20. The minimum atomic E-state index is -0.00137. The summed E-state index contributed by atoms with van der Waals surface area (Å²) in [6, 6.07) is 1.89. The van der Waals surface area contributed by atoms with E-state index >= 15 is 0 Å². The lowest BCUT2D eigenvalue weighted by atomic mass is 10.2. The molecule has 4 nitrogen and oxygen atoms in total. The first kappa shape index (κ1) is 15.5. The van der Waals surface area contributed by atoms with Crippen LogP contribution in [-0.4, -0.2) is 26.7 Å². The molecule has 0 fully saturated rings. The second-order valence-corrected chi connectivity index (χ2v) is 5.27. The van der Waals surface area contributed by atoms with Crippen molar-refractivity contribution in [2.24, 2.45) is 0 Å². The van der Waals surface area contributed by atoms with Crippen molar-refractivity contribution in [3.05, 3.63) is 17.5 Å². The predicted octanol–water partition coefficient (Wildman–Crippen LogP) is 2.80. The van der Waals surface area contributed by atoms with Gasteiger partial charge in [0.2, 0.25) is 0 Å². The van der Waals surface area contributed by atoms with Crippen LogP contribution in [0, 0.1) is 0 Å². The van der Waals surface area contributed by atoms with E-state index in [2.05, 4.69) is 33.0 Å². The van der Waals surface area contributed by atoms with Gasteiger partial charge in [0.1, 0.15) is 5.69 Å². The molecular formula is C13H22IN3O. The van der Waals surface area contributed by atoms with E-state index in [1.807, 2.05) is 19.9 Å². The van der Waals surface area contributed by atoms with Gasteiger partial charge in [-0.25, -0.2) is 0 Å². The van der Waals surface area contributed by atoms with Crippen LogP contribution in [0.2, 0.25) is 0 Å². The van der Waals surface area contributed by atoms with Crippen LogP contribution in [0.25, 0.3) is 0 Å². The molecule has 0 spiro atoms. The molecule has 0 radical (unpaired) electrons. The van der Waals surface area contributed by atoms with Crippen LogP contribution in [-0.2, 0) is 13.0 Å². The summed E-state index contributed by atoms with van der Waals surface area (Å²) in [5.41, 5.74) is 1.66. The molecule has 1 rings (SSSR count). The number of carbonyl (C=O) groups is 1. The molecule has 0 aliphatic heterocycles. The number of alkyl halides is 1. The Morgan fingerprint density at radius 3 is 2.78 bits per heavy atom. The Kier molecular flexibility index (Phi) is 7.31. The van der Waals surface area contributed by atoms with Crippen LogP contribution in [0.1, 0.15) is 49.3 Å². The first-order valence-electron chi connectivity index (χ1n) is 6.63. The van der Waals surface area contributed by atoms with Gasteiger partial charge in [-0.2, -0.15) is 5.10 Å². The fourth-order valence-electron chi connectivity index (χ4n) is 1.76. The molecular weight excluding hydrogens is 341 g/mol.